The third kappa shape index (κ3) is 5.44. The van der Waals surface area contributed by atoms with Crippen molar-refractivity contribution in [2.24, 2.45) is 5.92 Å². The lowest BCUT2D eigenvalue weighted by Crippen LogP contribution is -2.41. The van der Waals surface area contributed by atoms with Gasteiger partial charge in [-0.1, -0.05) is 36.4 Å². The fraction of sp³-hybridized carbons (Fsp3) is 0.435. The van der Waals surface area contributed by atoms with Gasteiger partial charge in [0.1, 0.15) is 0 Å². The van der Waals surface area contributed by atoms with Crippen LogP contribution in [-0.2, 0) is 14.8 Å². The average molecular weight is 444 g/mol. The highest BCUT2D eigenvalue weighted by Crippen LogP contribution is 2.34. The Labute approximate surface area is 183 Å². The van der Waals surface area contributed by atoms with Crippen LogP contribution in [0.25, 0.3) is 0 Å². The Morgan fingerprint density at radius 1 is 1.16 bits per heavy atom. The lowest BCUT2D eigenvalue weighted by molar-refractivity contribution is -0.117. The predicted octanol–water partition coefficient (Wildman–Crippen LogP) is 2.61. The highest BCUT2D eigenvalue weighted by molar-refractivity contribution is 7.92. The molecule has 0 aromatic heterocycles. The van der Waals surface area contributed by atoms with E-state index in [1.165, 1.54) is 10.6 Å². The second-order valence-electron chi connectivity index (χ2n) is 8.50. The van der Waals surface area contributed by atoms with E-state index in [4.69, 9.17) is 0 Å². The zero-order valence-electron chi connectivity index (χ0n) is 17.6. The maximum Gasteiger partial charge on any atom is 0.232 e. The number of amides is 1. The predicted molar refractivity (Wildman–Crippen MR) is 121 cm³/mol. The summed E-state index contributed by atoms with van der Waals surface area (Å²) in [5.41, 5.74) is 1.97. The van der Waals surface area contributed by atoms with Gasteiger partial charge in [0.25, 0.3) is 0 Å². The molecule has 1 aliphatic heterocycles. The Kier molecular flexibility index (Phi) is 6.31. The molecule has 0 unspecified atom stereocenters. The van der Waals surface area contributed by atoms with E-state index in [1.807, 2.05) is 30.3 Å². The number of likely N-dealkylation sites (tertiary alicyclic amines) is 1. The van der Waals surface area contributed by atoms with E-state index in [0.29, 0.717) is 30.9 Å². The number of nitrogens with zero attached hydrogens (tertiary/aromatic N) is 2. The first-order valence-corrected chi connectivity index (χ1v) is 12.5. The molecule has 1 heterocycles. The van der Waals surface area contributed by atoms with Crippen LogP contribution < -0.4 is 9.62 Å². The summed E-state index contributed by atoms with van der Waals surface area (Å²) in [6, 6.07) is 16.1. The summed E-state index contributed by atoms with van der Waals surface area (Å²) >= 11 is 0. The topological polar surface area (TPSA) is 90.0 Å². The molecule has 2 aliphatic rings. The van der Waals surface area contributed by atoms with E-state index in [-0.39, 0.29) is 17.9 Å². The van der Waals surface area contributed by atoms with Gasteiger partial charge >= 0.3 is 0 Å². The zero-order chi connectivity index (χ0) is 22.0. The number of hydrogen-bond acceptors (Lipinski definition) is 5. The molecule has 2 aromatic rings. The van der Waals surface area contributed by atoms with Gasteiger partial charge in [0, 0.05) is 31.2 Å². The maximum atomic E-state index is 13.0. The van der Waals surface area contributed by atoms with Crippen molar-refractivity contribution in [1.29, 1.82) is 0 Å². The van der Waals surface area contributed by atoms with Crippen LogP contribution >= 0.6 is 0 Å². The number of rotatable bonds is 8. The van der Waals surface area contributed by atoms with E-state index >= 15 is 0 Å². The molecule has 4 rings (SSSR count). The summed E-state index contributed by atoms with van der Waals surface area (Å²) in [5.74, 6) is 0.0436. The lowest BCUT2D eigenvalue weighted by atomic mass is 10.1. The second kappa shape index (κ2) is 8.98. The quantitative estimate of drug-likeness (QED) is 0.655. The SMILES string of the molecule is CS(=O)(=O)N(c1cccc(NC(=O)C2CC2)c1)[C@H](CN1CC[C@H](O)C1)c1ccccc1. The molecule has 7 nitrogen and oxygen atoms in total. The number of anilines is 2. The van der Waals surface area contributed by atoms with Gasteiger partial charge in [-0.15, -0.1) is 0 Å². The summed E-state index contributed by atoms with van der Waals surface area (Å²) in [6.45, 7) is 1.71. The van der Waals surface area contributed by atoms with Crippen molar-refractivity contribution in [2.45, 2.75) is 31.4 Å². The maximum absolute atomic E-state index is 13.0. The first-order chi connectivity index (χ1) is 14.8. The van der Waals surface area contributed by atoms with Crippen molar-refractivity contribution < 1.29 is 18.3 Å². The van der Waals surface area contributed by atoms with Gasteiger partial charge in [-0.05, 0) is 43.0 Å². The van der Waals surface area contributed by atoms with Crippen molar-refractivity contribution >= 4 is 27.3 Å². The number of benzene rings is 2. The number of carbonyl (C=O) groups excluding carboxylic acids is 1. The molecule has 2 atom stereocenters. The molecule has 1 saturated carbocycles. The van der Waals surface area contributed by atoms with Crippen LogP contribution in [0, 0.1) is 5.92 Å². The van der Waals surface area contributed by atoms with Crippen LogP contribution in [0.15, 0.2) is 54.6 Å². The Morgan fingerprint density at radius 3 is 2.52 bits per heavy atom. The Morgan fingerprint density at radius 2 is 1.90 bits per heavy atom. The van der Waals surface area contributed by atoms with Crippen molar-refractivity contribution in [3.05, 3.63) is 60.2 Å². The molecule has 1 aliphatic carbocycles. The summed E-state index contributed by atoms with van der Waals surface area (Å²) in [6.07, 6.45) is 3.31. The highest BCUT2D eigenvalue weighted by atomic mass is 32.2. The monoisotopic (exact) mass is 443 g/mol. The van der Waals surface area contributed by atoms with Crippen molar-refractivity contribution in [3.63, 3.8) is 0 Å². The summed E-state index contributed by atoms with van der Waals surface area (Å²) in [7, 11) is -3.64. The smallest absolute Gasteiger partial charge is 0.232 e. The molecule has 0 radical (unpaired) electrons. The number of β-amino-alcohol motifs (C(OH)–C–C–N with tert-alkyl or cyclic N) is 1. The first-order valence-electron chi connectivity index (χ1n) is 10.7. The average Bonchev–Trinajstić information content (AvgIpc) is 3.50. The summed E-state index contributed by atoms with van der Waals surface area (Å²) < 4.78 is 27.4. The third-order valence-electron chi connectivity index (χ3n) is 5.82. The largest absolute Gasteiger partial charge is 0.392 e. The Hall–Kier alpha value is -2.42. The van der Waals surface area contributed by atoms with E-state index in [2.05, 4.69) is 10.2 Å². The minimum atomic E-state index is -3.64. The molecule has 0 spiro atoms. The number of aliphatic hydroxyl groups excluding tert-OH is 1. The number of carbonyl (C=O) groups is 1. The molecular weight excluding hydrogens is 414 g/mol. The molecule has 2 aromatic carbocycles. The first kappa shape index (κ1) is 21.8. The van der Waals surface area contributed by atoms with Gasteiger partial charge in [-0.25, -0.2) is 8.42 Å². The van der Waals surface area contributed by atoms with Crippen LogP contribution in [0.5, 0.6) is 0 Å². The Balaban J connectivity index is 1.69. The van der Waals surface area contributed by atoms with E-state index < -0.39 is 16.1 Å². The zero-order valence-corrected chi connectivity index (χ0v) is 18.5. The Bertz CT molecular complexity index is 1020. The van der Waals surface area contributed by atoms with E-state index in [1.54, 1.807) is 24.3 Å². The number of sulfonamides is 1. The van der Waals surface area contributed by atoms with Crippen LogP contribution in [-0.4, -0.2) is 56.3 Å². The number of aliphatic hydroxyl groups is 1. The molecule has 1 saturated heterocycles. The fourth-order valence-electron chi connectivity index (χ4n) is 4.13. The fourth-order valence-corrected chi connectivity index (χ4v) is 5.27. The number of hydrogen-bond donors (Lipinski definition) is 2. The molecule has 2 N–H and O–H groups in total. The van der Waals surface area contributed by atoms with E-state index in [0.717, 1.165) is 24.9 Å². The minimum Gasteiger partial charge on any atom is -0.392 e. The second-order valence-corrected chi connectivity index (χ2v) is 10.4. The lowest BCUT2D eigenvalue weighted by Gasteiger charge is -2.35. The molecular formula is C23H29N3O4S. The van der Waals surface area contributed by atoms with Gasteiger partial charge in [0.05, 0.1) is 24.1 Å². The van der Waals surface area contributed by atoms with E-state index in [9.17, 15) is 18.3 Å². The standard InChI is InChI=1S/C23H29N3O4S/c1-31(29,30)26(20-9-5-8-19(14-20)24-23(28)18-10-11-18)22(17-6-3-2-4-7-17)16-25-13-12-21(27)15-25/h2-9,14,18,21-22,27H,10-13,15-16H2,1H3,(H,24,28)/t21-,22+/m0/s1. The third-order valence-corrected chi connectivity index (χ3v) is 7.00. The van der Waals surface area contributed by atoms with Crippen LogP contribution in [0.1, 0.15) is 30.9 Å². The van der Waals surface area contributed by atoms with Crippen LogP contribution in [0.2, 0.25) is 0 Å². The van der Waals surface area contributed by atoms with Crippen molar-refractivity contribution in [2.75, 3.05) is 35.5 Å². The van der Waals surface area contributed by atoms with Crippen molar-refractivity contribution in [1.82, 2.24) is 4.90 Å². The van der Waals surface area contributed by atoms with Crippen molar-refractivity contribution in [3.8, 4) is 0 Å². The summed E-state index contributed by atoms with van der Waals surface area (Å²) in [4.78, 5) is 14.3. The van der Waals surface area contributed by atoms with Crippen LogP contribution in [0.3, 0.4) is 0 Å². The molecule has 8 heteroatoms. The normalized spacial score (nSPS) is 20.4. The molecule has 166 valence electrons. The van der Waals surface area contributed by atoms with Gasteiger partial charge in [-0.3, -0.25) is 14.0 Å². The molecule has 31 heavy (non-hydrogen) atoms. The molecule has 0 bridgehead atoms. The van der Waals surface area contributed by atoms with Gasteiger partial charge < -0.3 is 10.4 Å². The molecule has 1 amide bonds. The van der Waals surface area contributed by atoms with Gasteiger partial charge in [0.15, 0.2) is 0 Å². The highest BCUT2D eigenvalue weighted by Gasteiger charge is 2.33. The van der Waals surface area contributed by atoms with Gasteiger partial charge in [0.2, 0.25) is 15.9 Å². The summed E-state index contributed by atoms with van der Waals surface area (Å²) in [5, 5.41) is 12.9. The minimum absolute atomic E-state index is 0.0197. The van der Waals surface area contributed by atoms with Gasteiger partial charge in [-0.2, -0.15) is 0 Å². The number of nitrogens with one attached hydrogen (secondary N) is 1. The van der Waals surface area contributed by atoms with Crippen LogP contribution in [0.4, 0.5) is 11.4 Å². The molecule has 2 fully saturated rings.